The van der Waals surface area contributed by atoms with Crippen LogP contribution >= 0.6 is 15.0 Å². The van der Waals surface area contributed by atoms with E-state index in [9.17, 15) is 33.3 Å². The Morgan fingerprint density at radius 2 is 1.31 bits per heavy atom. The zero-order valence-electron chi connectivity index (χ0n) is 19.8. The fourth-order valence-electron chi connectivity index (χ4n) is 2.02. The molecule has 0 amide bonds. The molecule has 0 heterocycles. The standard InChI is InChI=1S/C10H21O4P.C9H17O7P/c1-5-6-8(9(11)12)7-15(13,14)10(2,3)4;1-9(2,3)17(14,15)16-6(8(12)13)4-5-7(10)11/h8H,5-7H2,1-4H3,(H,11,12)(H,13,14);6H,4-5H2,1-3H3,(H,10,11)(H,12,13)(H,14,15). The van der Waals surface area contributed by atoms with Crippen molar-refractivity contribution in [3.63, 3.8) is 0 Å². The molecule has 0 fully saturated rings. The predicted molar refractivity (Wildman–Crippen MR) is 119 cm³/mol. The van der Waals surface area contributed by atoms with Gasteiger partial charge in [0.1, 0.15) is 0 Å². The van der Waals surface area contributed by atoms with Crippen LogP contribution in [0.2, 0.25) is 0 Å². The Labute approximate surface area is 189 Å². The summed E-state index contributed by atoms with van der Waals surface area (Å²) in [6.07, 6.45) is -1.36. The Balaban J connectivity index is 0. The van der Waals surface area contributed by atoms with Gasteiger partial charge in [-0.25, -0.2) is 4.79 Å². The molecule has 0 saturated heterocycles. The lowest BCUT2D eigenvalue weighted by Crippen LogP contribution is -2.28. The van der Waals surface area contributed by atoms with Crippen LogP contribution in [-0.4, -0.2) is 65.6 Å². The number of carboxylic acid groups (broad SMARTS) is 3. The Kier molecular flexibility index (Phi) is 13.2. The minimum absolute atomic E-state index is 0.125. The lowest BCUT2D eigenvalue weighted by molar-refractivity contribution is -0.147. The number of carbonyl (C=O) groups is 3. The second kappa shape index (κ2) is 12.8. The molecule has 4 unspecified atom stereocenters. The van der Waals surface area contributed by atoms with Crippen LogP contribution in [0.4, 0.5) is 0 Å². The van der Waals surface area contributed by atoms with E-state index in [-0.39, 0.29) is 12.6 Å². The lowest BCUT2D eigenvalue weighted by atomic mass is 10.1. The zero-order chi connectivity index (χ0) is 26.1. The summed E-state index contributed by atoms with van der Waals surface area (Å²) < 4.78 is 28.3. The molecule has 0 spiro atoms. The Morgan fingerprint density at radius 1 is 0.844 bits per heavy atom. The maximum atomic E-state index is 11.9. The van der Waals surface area contributed by atoms with Gasteiger partial charge in [-0.3, -0.25) is 23.2 Å². The van der Waals surface area contributed by atoms with Gasteiger partial charge in [-0.15, -0.1) is 0 Å². The normalized spacial score (nSPS) is 17.7. The third-order valence-electron chi connectivity index (χ3n) is 4.52. The Hall–Kier alpha value is -1.25. The molecule has 13 heteroatoms. The molecule has 4 atom stereocenters. The van der Waals surface area contributed by atoms with Crippen molar-refractivity contribution in [1.82, 2.24) is 0 Å². The van der Waals surface area contributed by atoms with Crippen molar-refractivity contribution < 1.29 is 53.1 Å². The summed E-state index contributed by atoms with van der Waals surface area (Å²) in [6.45, 7) is 11.2. The second-order valence-electron chi connectivity index (χ2n) is 9.43. The minimum Gasteiger partial charge on any atom is -0.481 e. The highest BCUT2D eigenvalue weighted by atomic mass is 31.2. The molecule has 32 heavy (non-hydrogen) atoms. The molecular formula is C19H38O11P2. The van der Waals surface area contributed by atoms with Gasteiger partial charge in [0.25, 0.3) is 0 Å². The van der Waals surface area contributed by atoms with Crippen LogP contribution in [0.25, 0.3) is 0 Å². The topological polar surface area (TPSA) is 196 Å². The van der Waals surface area contributed by atoms with Crippen molar-refractivity contribution in [3.8, 4) is 0 Å². The van der Waals surface area contributed by atoms with Crippen LogP contribution in [0.3, 0.4) is 0 Å². The number of rotatable bonds is 11. The van der Waals surface area contributed by atoms with Gasteiger partial charge in [0.15, 0.2) is 6.10 Å². The first-order valence-electron chi connectivity index (χ1n) is 10.1. The maximum Gasteiger partial charge on any atom is 0.334 e. The van der Waals surface area contributed by atoms with E-state index in [4.69, 9.17) is 15.3 Å². The molecule has 0 aromatic carbocycles. The summed E-state index contributed by atoms with van der Waals surface area (Å²) in [6, 6.07) is 0. The predicted octanol–water partition coefficient (Wildman–Crippen LogP) is 3.86. The van der Waals surface area contributed by atoms with Crippen LogP contribution in [0.15, 0.2) is 0 Å². The van der Waals surface area contributed by atoms with Crippen LogP contribution in [0, 0.1) is 5.92 Å². The molecule has 0 aliphatic rings. The lowest BCUT2D eigenvalue weighted by Gasteiger charge is -2.28. The molecule has 0 aromatic heterocycles. The molecular weight excluding hydrogens is 466 g/mol. The van der Waals surface area contributed by atoms with Gasteiger partial charge in [-0.1, -0.05) is 34.1 Å². The van der Waals surface area contributed by atoms with E-state index in [0.29, 0.717) is 12.8 Å². The highest BCUT2D eigenvalue weighted by Crippen LogP contribution is 2.56. The smallest absolute Gasteiger partial charge is 0.334 e. The monoisotopic (exact) mass is 504 g/mol. The van der Waals surface area contributed by atoms with Crippen LogP contribution in [0.1, 0.15) is 74.1 Å². The average molecular weight is 504 g/mol. The third-order valence-corrected chi connectivity index (χ3v) is 9.78. The summed E-state index contributed by atoms with van der Waals surface area (Å²) >= 11 is 0. The van der Waals surface area contributed by atoms with E-state index in [0.717, 1.165) is 0 Å². The minimum atomic E-state index is -4.12. The number of hydrogen-bond acceptors (Lipinski definition) is 6. The third kappa shape index (κ3) is 12.1. The van der Waals surface area contributed by atoms with Crippen molar-refractivity contribution in [1.29, 1.82) is 0 Å². The molecule has 11 nitrogen and oxygen atoms in total. The zero-order valence-corrected chi connectivity index (χ0v) is 21.6. The van der Waals surface area contributed by atoms with Crippen LogP contribution in [0.5, 0.6) is 0 Å². The van der Waals surface area contributed by atoms with Gasteiger partial charge in [-0.2, -0.15) is 0 Å². The van der Waals surface area contributed by atoms with E-state index < -0.39 is 61.6 Å². The molecule has 0 rings (SSSR count). The molecule has 0 saturated carbocycles. The molecule has 5 N–H and O–H groups in total. The van der Waals surface area contributed by atoms with E-state index in [1.165, 1.54) is 20.8 Å². The quantitative estimate of drug-likeness (QED) is 0.256. The number of aliphatic carboxylic acids is 3. The fraction of sp³-hybridized carbons (Fsp3) is 0.842. The SMILES string of the molecule is CC(C)(C)P(=O)(O)OC(CCC(=O)O)C(=O)O.CCCC(CP(=O)(O)C(C)(C)C)C(=O)O. The molecule has 190 valence electrons. The highest BCUT2D eigenvalue weighted by molar-refractivity contribution is 7.59. The number of hydrogen-bond donors (Lipinski definition) is 5. The van der Waals surface area contributed by atoms with E-state index in [1.54, 1.807) is 20.8 Å². The van der Waals surface area contributed by atoms with E-state index in [1.807, 2.05) is 6.92 Å². The van der Waals surface area contributed by atoms with Crippen LogP contribution < -0.4 is 0 Å². The largest absolute Gasteiger partial charge is 0.481 e. The van der Waals surface area contributed by atoms with Crippen molar-refractivity contribution >= 4 is 32.9 Å². The van der Waals surface area contributed by atoms with Crippen molar-refractivity contribution in [2.75, 3.05) is 6.16 Å². The highest BCUT2D eigenvalue weighted by Gasteiger charge is 2.40. The van der Waals surface area contributed by atoms with E-state index >= 15 is 0 Å². The second-order valence-corrected chi connectivity index (χ2v) is 15.1. The van der Waals surface area contributed by atoms with Crippen molar-refractivity contribution in [2.45, 2.75) is 90.6 Å². The number of carboxylic acids is 3. The van der Waals surface area contributed by atoms with Gasteiger partial charge in [-0.05, 0) is 33.6 Å². The van der Waals surface area contributed by atoms with E-state index in [2.05, 4.69) is 4.52 Å². The van der Waals surface area contributed by atoms with Gasteiger partial charge >= 0.3 is 25.5 Å². The first-order valence-corrected chi connectivity index (χ1v) is 13.5. The molecule has 0 aliphatic carbocycles. The summed E-state index contributed by atoms with van der Waals surface area (Å²) in [5.41, 5.74) is 0. The summed E-state index contributed by atoms with van der Waals surface area (Å²) in [5.74, 6) is -4.33. The molecule has 0 aliphatic heterocycles. The van der Waals surface area contributed by atoms with Gasteiger partial charge in [0.2, 0.25) is 7.37 Å². The van der Waals surface area contributed by atoms with Gasteiger partial charge in [0, 0.05) is 17.7 Å². The van der Waals surface area contributed by atoms with Crippen molar-refractivity contribution in [2.24, 2.45) is 5.92 Å². The maximum absolute atomic E-state index is 11.9. The van der Waals surface area contributed by atoms with Crippen molar-refractivity contribution in [3.05, 3.63) is 0 Å². The molecule has 0 bridgehead atoms. The fourth-order valence-corrected chi connectivity index (χ4v) is 4.36. The Morgan fingerprint density at radius 3 is 1.59 bits per heavy atom. The summed E-state index contributed by atoms with van der Waals surface area (Å²) in [4.78, 5) is 51.3. The summed E-state index contributed by atoms with van der Waals surface area (Å²) in [7, 11) is -7.52. The summed E-state index contributed by atoms with van der Waals surface area (Å²) in [5, 5.41) is 24.2. The van der Waals surface area contributed by atoms with Gasteiger partial charge in [0.05, 0.1) is 11.1 Å². The first-order chi connectivity index (χ1) is 14.1. The van der Waals surface area contributed by atoms with Crippen LogP contribution in [-0.2, 0) is 28.0 Å². The first kappa shape index (κ1) is 32.9. The van der Waals surface area contributed by atoms with Gasteiger partial charge < -0.3 is 25.1 Å². The molecule has 0 aromatic rings. The molecule has 0 radical (unpaired) electrons. The average Bonchev–Trinajstić information content (AvgIpc) is 2.56. The Bertz CT molecular complexity index is 735.